The minimum atomic E-state index is -0.343. The third-order valence-electron chi connectivity index (χ3n) is 1.14. The number of carbonyl (C=O) groups excluding carboxylic acids is 1. The predicted molar refractivity (Wildman–Crippen MR) is 39.3 cm³/mol. The second-order valence-electron chi connectivity index (χ2n) is 1.97. The molecule has 5 nitrogen and oxygen atoms in total. The lowest BCUT2D eigenvalue weighted by Gasteiger charge is -1.95. The number of aromatic amines is 1. The smallest absolute Gasteiger partial charge is 0.274 e. The molecule has 5 heteroatoms. The molecule has 1 rings (SSSR count). The van der Waals surface area contributed by atoms with Crippen LogP contribution in [-0.2, 0) is 4.79 Å². The van der Waals surface area contributed by atoms with Gasteiger partial charge in [0, 0.05) is 0 Å². The highest BCUT2D eigenvalue weighted by Crippen LogP contribution is 1.91. The molecule has 0 aliphatic carbocycles. The van der Waals surface area contributed by atoms with Gasteiger partial charge in [-0.1, -0.05) is 0 Å². The Labute approximate surface area is 62.5 Å². The standard InChI is InChI=1S/C6H7N3O2/c1-4-7-2-5(8-3-10)6(11)9-4/h2-3H,1H3,(H,8,10)(H,7,9,11). The van der Waals surface area contributed by atoms with Crippen LogP contribution in [0.3, 0.4) is 0 Å². The van der Waals surface area contributed by atoms with Crippen LogP contribution in [0, 0.1) is 6.92 Å². The second-order valence-corrected chi connectivity index (χ2v) is 1.97. The van der Waals surface area contributed by atoms with Crippen LogP contribution in [0.2, 0.25) is 0 Å². The summed E-state index contributed by atoms with van der Waals surface area (Å²) in [6.45, 7) is 1.66. The summed E-state index contributed by atoms with van der Waals surface area (Å²) in [6.07, 6.45) is 1.74. The van der Waals surface area contributed by atoms with Crippen LogP contribution in [0.5, 0.6) is 0 Å². The third-order valence-corrected chi connectivity index (χ3v) is 1.14. The van der Waals surface area contributed by atoms with E-state index in [0.717, 1.165) is 0 Å². The molecule has 0 spiro atoms. The van der Waals surface area contributed by atoms with E-state index >= 15 is 0 Å². The number of anilines is 1. The zero-order valence-corrected chi connectivity index (χ0v) is 5.92. The molecule has 0 bridgehead atoms. The van der Waals surface area contributed by atoms with E-state index < -0.39 is 0 Å². The summed E-state index contributed by atoms with van der Waals surface area (Å²) < 4.78 is 0. The van der Waals surface area contributed by atoms with E-state index in [-0.39, 0.29) is 11.2 Å². The largest absolute Gasteiger partial charge is 0.323 e. The van der Waals surface area contributed by atoms with Crippen molar-refractivity contribution in [2.45, 2.75) is 6.92 Å². The second kappa shape index (κ2) is 2.96. The van der Waals surface area contributed by atoms with Gasteiger partial charge in [-0.25, -0.2) is 4.98 Å². The third kappa shape index (κ3) is 1.64. The van der Waals surface area contributed by atoms with Crippen molar-refractivity contribution in [3.05, 3.63) is 22.4 Å². The molecule has 2 N–H and O–H groups in total. The Kier molecular flexibility index (Phi) is 2.00. The summed E-state index contributed by atoms with van der Waals surface area (Å²) in [5.41, 5.74) is -0.185. The Morgan fingerprint density at radius 3 is 3.00 bits per heavy atom. The van der Waals surface area contributed by atoms with Gasteiger partial charge in [-0.2, -0.15) is 0 Å². The minimum Gasteiger partial charge on any atom is -0.323 e. The van der Waals surface area contributed by atoms with Crippen LogP contribution in [0.1, 0.15) is 5.82 Å². The fraction of sp³-hybridized carbons (Fsp3) is 0.167. The van der Waals surface area contributed by atoms with Gasteiger partial charge in [-0.15, -0.1) is 0 Å². The van der Waals surface area contributed by atoms with Gasteiger partial charge in [0.2, 0.25) is 6.41 Å². The Morgan fingerprint density at radius 1 is 1.73 bits per heavy atom. The van der Waals surface area contributed by atoms with Crippen molar-refractivity contribution in [1.29, 1.82) is 0 Å². The summed E-state index contributed by atoms with van der Waals surface area (Å²) in [4.78, 5) is 27.0. The summed E-state index contributed by atoms with van der Waals surface area (Å²) >= 11 is 0. The quantitative estimate of drug-likeness (QED) is 0.570. The maximum Gasteiger partial charge on any atom is 0.274 e. The first-order valence-corrected chi connectivity index (χ1v) is 3.00. The highest BCUT2D eigenvalue weighted by molar-refractivity contribution is 5.69. The lowest BCUT2D eigenvalue weighted by molar-refractivity contribution is -0.105. The summed E-state index contributed by atoms with van der Waals surface area (Å²) in [5.74, 6) is 0.520. The van der Waals surface area contributed by atoms with Gasteiger partial charge in [0.15, 0.2) is 0 Å². The van der Waals surface area contributed by atoms with Crippen LogP contribution >= 0.6 is 0 Å². The number of aromatic nitrogens is 2. The van der Waals surface area contributed by atoms with Crippen molar-refractivity contribution < 1.29 is 4.79 Å². The van der Waals surface area contributed by atoms with Crippen LogP contribution < -0.4 is 10.9 Å². The van der Waals surface area contributed by atoms with E-state index in [9.17, 15) is 9.59 Å². The first-order valence-electron chi connectivity index (χ1n) is 3.00. The molecule has 0 aliphatic heterocycles. The molecule has 1 aromatic heterocycles. The number of hydrogen-bond donors (Lipinski definition) is 2. The molecule has 0 atom stereocenters. The fourth-order valence-corrected chi connectivity index (χ4v) is 0.650. The van der Waals surface area contributed by atoms with E-state index in [1.165, 1.54) is 6.20 Å². The molecule has 0 aliphatic rings. The van der Waals surface area contributed by atoms with Crippen LogP contribution in [0.4, 0.5) is 5.69 Å². The van der Waals surface area contributed by atoms with Crippen molar-refractivity contribution in [2.24, 2.45) is 0 Å². The van der Waals surface area contributed by atoms with Gasteiger partial charge in [0.25, 0.3) is 5.56 Å². The molecule has 58 valence electrons. The molecule has 11 heavy (non-hydrogen) atoms. The number of rotatable bonds is 2. The number of nitrogens with one attached hydrogen (secondary N) is 2. The van der Waals surface area contributed by atoms with E-state index in [2.05, 4.69) is 15.3 Å². The monoisotopic (exact) mass is 153 g/mol. The highest BCUT2D eigenvalue weighted by Gasteiger charge is 1.96. The predicted octanol–water partition coefficient (Wildman–Crippen LogP) is -0.353. The molecule has 0 saturated carbocycles. The molecule has 0 unspecified atom stereocenters. The van der Waals surface area contributed by atoms with Gasteiger partial charge >= 0.3 is 0 Å². The van der Waals surface area contributed by atoms with Gasteiger partial charge < -0.3 is 10.3 Å². The fourth-order valence-electron chi connectivity index (χ4n) is 0.650. The van der Waals surface area contributed by atoms with Crippen LogP contribution in [-0.4, -0.2) is 16.4 Å². The maximum atomic E-state index is 10.9. The Hall–Kier alpha value is -1.65. The van der Waals surface area contributed by atoms with Gasteiger partial charge in [-0.05, 0) is 6.92 Å². The van der Waals surface area contributed by atoms with Crippen LogP contribution in [0.25, 0.3) is 0 Å². The topological polar surface area (TPSA) is 74.8 Å². The van der Waals surface area contributed by atoms with Crippen molar-refractivity contribution in [3.8, 4) is 0 Å². The molecule has 0 aromatic carbocycles. The van der Waals surface area contributed by atoms with E-state index in [1.54, 1.807) is 6.92 Å². The number of H-pyrrole nitrogens is 1. The van der Waals surface area contributed by atoms with E-state index in [1.807, 2.05) is 0 Å². The number of aryl methyl sites for hydroxylation is 1. The molecule has 1 amide bonds. The average Bonchev–Trinajstić information content (AvgIpc) is 1.95. The van der Waals surface area contributed by atoms with Crippen LogP contribution in [0.15, 0.2) is 11.0 Å². The summed E-state index contributed by atoms with van der Waals surface area (Å²) in [6, 6.07) is 0. The normalized spacial score (nSPS) is 9.18. The molecular weight excluding hydrogens is 146 g/mol. The summed E-state index contributed by atoms with van der Waals surface area (Å²) in [5, 5.41) is 2.22. The van der Waals surface area contributed by atoms with Crippen molar-refractivity contribution in [3.63, 3.8) is 0 Å². The lowest BCUT2D eigenvalue weighted by Crippen LogP contribution is -2.14. The Balaban J connectivity index is 3.09. The number of amides is 1. The Morgan fingerprint density at radius 2 is 2.45 bits per heavy atom. The van der Waals surface area contributed by atoms with E-state index in [0.29, 0.717) is 12.2 Å². The average molecular weight is 153 g/mol. The first-order chi connectivity index (χ1) is 5.24. The molecule has 0 fully saturated rings. The molecule has 0 saturated heterocycles. The minimum absolute atomic E-state index is 0.158. The van der Waals surface area contributed by atoms with Gasteiger partial charge in [0.1, 0.15) is 11.5 Å². The molecule has 0 radical (unpaired) electrons. The zero-order chi connectivity index (χ0) is 8.27. The maximum absolute atomic E-state index is 10.9. The van der Waals surface area contributed by atoms with E-state index in [4.69, 9.17) is 0 Å². The molecule has 1 heterocycles. The number of carbonyl (C=O) groups is 1. The zero-order valence-electron chi connectivity index (χ0n) is 5.92. The van der Waals surface area contributed by atoms with Gasteiger partial charge in [0.05, 0.1) is 6.20 Å². The molecule has 1 aromatic rings. The lowest BCUT2D eigenvalue weighted by atomic mass is 10.5. The highest BCUT2D eigenvalue weighted by atomic mass is 16.1. The SMILES string of the molecule is Cc1ncc(NC=O)c(=O)[nH]1. The van der Waals surface area contributed by atoms with Gasteiger partial charge in [-0.3, -0.25) is 9.59 Å². The van der Waals surface area contributed by atoms with Crippen molar-refractivity contribution in [2.75, 3.05) is 5.32 Å². The number of nitrogens with zero attached hydrogens (tertiary/aromatic N) is 1. The van der Waals surface area contributed by atoms with Crippen molar-refractivity contribution in [1.82, 2.24) is 9.97 Å². The Bertz CT molecular complexity index is 318. The first kappa shape index (κ1) is 7.46. The molecular formula is C6H7N3O2. The van der Waals surface area contributed by atoms with Crippen molar-refractivity contribution >= 4 is 12.1 Å². The summed E-state index contributed by atoms with van der Waals surface area (Å²) in [7, 11) is 0. The number of hydrogen-bond acceptors (Lipinski definition) is 3.